The van der Waals surface area contributed by atoms with Crippen LogP contribution in [0.3, 0.4) is 0 Å². The molecule has 1 aromatic heterocycles. The van der Waals surface area contributed by atoms with Crippen LogP contribution in [0.4, 0.5) is 0 Å². The molecule has 0 bridgehead atoms. The fourth-order valence-electron chi connectivity index (χ4n) is 2.14. The van der Waals surface area contributed by atoms with Gasteiger partial charge < -0.3 is 14.5 Å². The van der Waals surface area contributed by atoms with Crippen LogP contribution in [0.15, 0.2) is 34.7 Å². The first kappa shape index (κ1) is 13.1. The van der Waals surface area contributed by atoms with Crippen LogP contribution >= 0.6 is 0 Å². The van der Waals surface area contributed by atoms with Gasteiger partial charge >= 0.3 is 0 Å². The number of methoxy groups -OCH3 is 1. The summed E-state index contributed by atoms with van der Waals surface area (Å²) in [6.07, 6.45) is 1.04. The molecule has 0 aliphatic carbocycles. The summed E-state index contributed by atoms with van der Waals surface area (Å²) in [7, 11) is 1.73. The van der Waals surface area contributed by atoms with Gasteiger partial charge in [0.1, 0.15) is 11.3 Å². The zero-order valence-corrected chi connectivity index (χ0v) is 11.3. The normalized spacial score (nSPS) is 14.8. The number of fused-ring (bicyclic) bond motifs is 1. The summed E-state index contributed by atoms with van der Waals surface area (Å²) in [4.78, 5) is 0. The average Bonchev–Trinajstić information content (AvgIpc) is 2.82. The molecule has 0 aliphatic rings. The number of benzene rings is 1. The topological polar surface area (TPSA) is 34.4 Å². The Morgan fingerprint density at radius 2 is 2.11 bits per heavy atom. The van der Waals surface area contributed by atoms with Crippen molar-refractivity contribution in [2.24, 2.45) is 0 Å². The van der Waals surface area contributed by atoms with Crippen LogP contribution in [-0.4, -0.2) is 19.8 Å². The smallest absolute Gasteiger partial charge is 0.134 e. The number of furan rings is 1. The van der Waals surface area contributed by atoms with Gasteiger partial charge in [0.2, 0.25) is 0 Å². The Bertz CT molecular complexity index is 459. The van der Waals surface area contributed by atoms with Crippen LogP contribution in [0.1, 0.15) is 32.1 Å². The van der Waals surface area contributed by atoms with Gasteiger partial charge in [0, 0.05) is 18.5 Å². The van der Waals surface area contributed by atoms with Crippen molar-refractivity contribution in [3.63, 3.8) is 0 Å². The van der Waals surface area contributed by atoms with Crippen LogP contribution in [0.5, 0.6) is 0 Å². The first-order valence-electron chi connectivity index (χ1n) is 6.48. The minimum atomic E-state index is 0.192. The van der Waals surface area contributed by atoms with Crippen molar-refractivity contribution < 1.29 is 9.15 Å². The number of ether oxygens (including phenoxy) is 1. The third-order valence-electron chi connectivity index (χ3n) is 3.22. The quantitative estimate of drug-likeness (QED) is 0.848. The number of hydrogen-bond acceptors (Lipinski definition) is 3. The molecular formula is C15H21NO2. The fourth-order valence-corrected chi connectivity index (χ4v) is 2.14. The van der Waals surface area contributed by atoms with E-state index in [0.717, 1.165) is 29.8 Å². The highest BCUT2D eigenvalue weighted by Crippen LogP contribution is 2.23. The first-order valence-corrected chi connectivity index (χ1v) is 6.48. The van der Waals surface area contributed by atoms with E-state index in [-0.39, 0.29) is 6.04 Å². The third-order valence-corrected chi connectivity index (χ3v) is 3.22. The molecule has 0 saturated carbocycles. The molecule has 1 heterocycles. The number of nitrogens with one attached hydrogen (secondary N) is 1. The van der Waals surface area contributed by atoms with E-state index < -0.39 is 0 Å². The number of rotatable bonds is 6. The second-order valence-corrected chi connectivity index (χ2v) is 4.64. The molecular weight excluding hydrogens is 226 g/mol. The lowest BCUT2D eigenvalue weighted by Crippen LogP contribution is -2.34. The summed E-state index contributed by atoms with van der Waals surface area (Å²) >= 11 is 0. The summed E-state index contributed by atoms with van der Waals surface area (Å²) in [5.74, 6) is 0.978. The van der Waals surface area contributed by atoms with Gasteiger partial charge in [-0.1, -0.05) is 25.1 Å². The van der Waals surface area contributed by atoms with E-state index >= 15 is 0 Å². The molecule has 2 rings (SSSR count). The molecule has 3 nitrogen and oxygen atoms in total. The van der Waals surface area contributed by atoms with E-state index in [2.05, 4.69) is 31.3 Å². The van der Waals surface area contributed by atoms with Crippen molar-refractivity contribution in [1.29, 1.82) is 0 Å². The monoisotopic (exact) mass is 247 g/mol. The molecule has 0 amide bonds. The summed E-state index contributed by atoms with van der Waals surface area (Å²) in [5.41, 5.74) is 0.945. The van der Waals surface area contributed by atoms with E-state index in [4.69, 9.17) is 9.15 Å². The highest BCUT2D eigenvalue weighted by Gasteiger charge is 2.15. The third kappa shape index (κ3) is 2.92. The van der Waals surface area contributed by atoms with Crippen molar-refractivity contribution in [2.45, 2.75) is 32.4 Å². The Hall–Kier alpha value is -1.32. The number of para-hydroxylation sites is 1. The highest BCUT2D eigenvalue weighted by atomic mass is 16.5. The van der Waals surface area contributed by atoms with Crippen molar-refractivity contribution in [1.82, 2.24) is 5.32 Å². The van der Waals surface area contributed by atoms with Crippen LogP contribution in [0.2, 0.25) is 0 Å². The van der Waals surface area contributed by atoms with Crippen LogP contribution in [-0.2, 0) is 4.74 Å². The second-order valence-electron chi connectivity index (χ2n) is 4.64. The number of hydrogen-bond donors (Lipinski definition) is 1. The lowest BCUT2D eigenvalue weighted by atomic mass is 10.1. The molecule has 1 aromatic carbocycles. The van der Waals surface area contributed by atoms with Gasteiger partial charge in [-0.15, -0.1) is 0 Å². The average molecular weight is 247 g/mol. The standard InChI is InChI=1S/C15H21NO2/c1-4-13(10-17-3)16-11(2)15-9-12-7-5-6-8-14(12)18-15/h5-9,11,13,16H,4,10H2,1-3H3. The van der Waals surface area contributed by atoms with Gasteiger partial charge in [0.05, 0.1) is 12.6 Å². The molecule has 98 valence electrons. The zero-order chi connectivity index (χ0) is 13.0. The highest BCUT2D eigenvalue weighted by molar-refractivity contribution is 5.77. The van der Waals surface area contributed by atoms with E-state index in [1.54, 1.807) is 7.11 Å². The molecule has 2 unspecified atom stereocenters. The predicted octanol–water partition coefficient (Wildman–Crippen LogP) is 3.51. The van der Waals surface area contributed by atoms with Crippen molar-refractivity contribution in [3.8, 4) is 0 Å². The minimum Gasteiger partial charge on any atom is -0.459 e. The molecule has 0 aliphatic heterocycles. The van der Waals surface area contributed by atoms with Crippen molar-refractivity contribution in [3.05, 3.63) is 36.1 Å². The van der Waals surface area contributed by atoms with Gasteiger partial charge in [0.15, 0.2) is 0 Å². The zero-order valence-electron chi connectivity index (χ0n) is 11.3. The predicted molar refractivity (Wildman–Crippen MR) is 73.7 cm³/mol. The maximum absolute atomic E-state index is 5.85. The van der Waals surface area contributed by atoms with Crippen LogP contribution in [0.25, 0.3) is 11.0 Å². The fraction of sp³-hybridized carbons (Fsp3) is 0.467. The second kappa shape index (κ2) is 6.03. The Labute approximate surface area is 108 Å². The van der Waals surface area contributed by atoms with Crippen molar-refractivity contribution in [2.75, 3.05) is 13.7 Å². The molecule has 2 atom stereocenters. The first-order chi connectivity index (χ1) is 8.74. The Morgan fingerprint density at radius 1 is 1.33 bits per heavy atom. The molecule has 0 fully saturated rings. The molecule has 18 heavy (non-hydrogen) atoms. The maximum Gasteiger partial charge on any atom is 0.134 e. The Balaban J connectivity index is 2.10. The molecule has 1 N–H and O–H groups in total. The van der Waals surface area contributed by atoms with E-state index in [1.165, 1.54) is 0 Å². The van der Waals surface area contributed by atoms with Gasteiger partial charge in [0.25, 0.3) is 0 Å². The van der Waals surface area contributed by atoms with Crippen molar-refractivity contribution >= 4 is 11.0 Å². The summed E-state index contributed by atoms with van der Waals surface area (Å²) in [5, 5.41) is 4.68. The molecule has 2 aromatic rings. The Kier molecular flexibility index (Phi) is 4.39. The summed E-state index contributed by atoms with van der Waals surface area (Å²) in [6, 6.07) is 10.7. The van der Waals surface area contributed by atoms with Crippen LogP contribution < -0.4 is 5.32 Å². The van der Waals surface area contributed by atoms with Gasteiger partial charge in [-0.3, -0.25) is 0 Å². The van der Waals surface area contributed by atoms with E-state index in [0.29, 0.717) is 6.04 Å². The molecule has 0 spiro atoms. The lowest BCUT2D eigenvalue weighted by molar-refractivity contribution is 0.157. The van der Waals surface area contributed by atoms with Gasteiger partial charge in [-0.05, 0) is 25.5 Å². The Morgan fingerprint density at radius 3 is 2.78 bits per heavy atom. The largest absolute Gasteiger partial charge is 0.459 e. The SMILES string of the molecule is CCC(COC)NC(C)c1cc2ccccc2o1. The van der Waals surface area contributed by atoms with E-state index in [9.17, 15) is 0 Å². The maximum atomic E-state index is 5.85. The lowest BCUT2D eigenvalue weighted by Gasteiger charge is -2.20. The molecule has 0 saturated heterocycles. The summed E-state index contributed by atoms with van der Waals surface area (Å²) in [6.45, 7) is 5.00. The molecule has 3 heteroatoms. The van der Waals surface area contributed by atoms with E-state index in [1.807, 2.05) is 18.2 Å². The minimum absolute atomic E-state index is 0.192. The molecule has 0 radical (unpaired) electrons. The van der Waals surface area contributed by atoms with Crippen LogP contribution in [0, 0.1) is 0 Å². The van der Waals surface area contributed by atoms with Gasteiger partial charge in [-0.25, -0.2) is 0 Å². The van der Waals surface area contributed by atoms with Gasteiger partial charge in [-0.2, -0.15) is 0 Å². The summed E-state index contributed by atoms with van der Waals surface area (Å²) < 4.78 is 11.0.